The number of aromatic nitrogens is 2. The van der Waals surface area contributed by atoms with Gasteiger partial charge in [0.2, 0.25) is 15.9 Å². The molecule has 9 heteroatoms. The number of carbonyl (C=O) groups excluding carboxylic acids is 1. The molecule has 1 aliphatic heterocycles. The largest absolute Gasteiger partial charge is 0.359 e. The molecule has 0 aromatic carbocycles. The van der Waals surface area contributed by atoms with Gasteiger partial charge in [0.1, 0.15) is 0 Å². The molecule has 0 bridgehead atoms. The maximum atomic E-state index is 12.0. The van der Waals surface area contributed by atoms with Crippen molar-refractivity contribution in [1.29, 1.82) is 0 Å². The van der Waals surface area contributed by atoms with Gasteiger partial charge in [-0.15, -0.1) is 0 Å². The van der Waals surface area contributed by atoms with Crippen LogP contribution in [0.4, 0.5) is 0 Å². The number of hydrogen-bond acceptors (Lipinski definition) is 5. The monoisotopic (exact) mass is 329 g/mol. The summed E-state index contributed by atoms with van der Waals surface area (Å²) in [5.74, 6) is -0.521. The molecule has 1 fully saturated rings. The molecule has 22 heavy (non-hydrogen) atoms. The second-order valence-electron chi connectivity index (χ2n) is 5.65. The van der Waals surface area contributed by atoms with E-state index in [2.05, 4.69) is 15.3 Å². The number of aryl methyl sites for hydroxylation is 1. The van der Waals surface area contributed by atoms with Gasteiger partial charge in [-0.3, -0.25) is 14.4 Å². The van der Waals surface area contributed by atoms with E-state index in [4.69, 9.17) is 0 Å². The minimum atomic E-state index is -3.31. The molecule has 2 rings (SSSR count). The summed E-state index contributed by atoms with van der Waals surface area (Å²) in [5.41, 5.74) is 0.908. The molecule has 124 valence electrons. The number of sulfonamides is 1. The second kappa shape index (κ2) is 6.76. The molecule has 0 spiro atoms. The number of rotatable bonds is 4. The summed E-state index contributed by atoms with van der Waals surface area (Å²) in [6, 6.07) is 1.92. The molecule has 0 radical (unpaired) electrons. The smallest absolute Gasteiger partial charge is 0.225 e. The molecule has 1 saturated heterocycles. The van der Waals surface area contributed by atoms with E-state index in [1.165, 1.54) is 10.6 Å². The maximum absolute atomic E-state index is 12.0. The van der Waals surface area contributed by atoms with Crippen LogP contribution in [0, 0.1) is 5.92 Å². The van der Waals surface area contributed by atoms with Gasteiger partial charge in [-0.1, -0.05) is 0 Å². The van der Waals surface area contributed by atoms with Crippen LogP contribution in [0.25, 0.3) is 0 Å². The molecule has 0 saturated carbocycles. The Kier molecular flexibility index (Phi) is 5.20. The molecule has 1 amide bonds. The standard InChI is InChI=1S/C13H23N5O3S/c1-14-13(19)11-8-17(10-12-4-5-16(2)15-12)6-7-18(9-11)22(3,20)21/h4-5,11H,6-10H2,1-3H3,(H,14,19). The van der Waals surface area contributed by atoms with Crippen LogP contribution in [0.2, 0.25) is 0 Å². The Labute approximate surface area is 131 Å². The molecule has 8 nitrogen and oxygen atoms in total. The lowest BCUT2D eigenvalue weighted by Crippen LogP contribution is -2.41. The Balaban J connectivity index is 2.14. The number of nitrogens with one attached hydrogen (secondary N) is 1. The van der Waals surface area contributed by atoms with Crippen LogP contribution in [0.1, 0.15) is 5.69 Å². The maximum Gasteiger partial charge on any atom is 0.225 e. The molecular weight excluding hydrogens is 306 g/mol. The van der Waals surface area contributed by atoms with Gasteiger partial charge in [0.05, 0.1) is 17.9 Å². The van der Waals surface area contributed by atoms with E-state index in [1.807, 2.05) is 19.3 Å². The number of amides is 1. The SMILES string of the molecule is CNC(=O)C1CN(Cc2ccn(C)n2)CCN(S(C)(=O)=O)C1. The highest BCUT2D eigenvalue weighted by atomic mass is 32.2. The molecule has 0 aliphatic carbocycles. The molecule has 1 aliphatic rings. The fourth-order valence-corrected chi connectivity index (χ4v) is 3.51. The van der Waals surface area contributed by atoms with Crippen molar-refractivity contribution in [2.24, 2.45) is 13.0 Å². The van der Waals surface area contributed by atoms with Crippen LogP contribution in [0.15, 0.2) is 12.3 Å². The Bertz CT molecular complexity index is 627. The van der Waals surface area contributed by atoms with Gasteiger partial charge in [-0.05, 0) is 6.07 Å². The van der Waals surface area contributed by atoms with E-state index in [0.29, 0.717) is 26.2 Å². The van der Waals surface area contributed by atoms with E-state index < -0.39 is 10.0 Å². The van der Waals surface area contributed by atoms with E-state index >= 15 is 0 Å². The first-order valence-electron chi connectivity index (χ1n) is 7.17. The lowest BCUT2D eigenvalue weighted by molar-refractivity contribution is -0.125. The first kappa shape index (κ1) is 16.9. The Morgan fingerprint density at radius 2 is 2.14 bits per heavy atom. The zero-order chi connectivity index (χ0) is 16.3. The third kappa shape index (κ3) is 4.28. The molecule has 1 unspecified atom stereocenters. The zero-order valence-electron chi connectivity index (χ0n) is 13.2. The van der Waals surface area contributed by atoms with E-state index in [0.717, 1.165) is 5.69 Å². The van der Waals surface area contributed by atoms with Gasteiger partial charge in [0, 0.05) is 53.0 Å². The van der Waals surface area contributed by atoms with Crippen molar-refractivity contribution in [3.8, 4) is 0 Å². The fourth-order valence-electron chi connectivity index (χ4n) is 2.64. The molecule has 1 aromatic heterocycles. The Morgan fingerprint density at radius 1 is 1.41 bits per heavy atom. The Morgan fingerprint density at radius 3 is 2.68 bits per heavy atom. The van der Waals surface area contributed by atoms with E-state index in [1.54, 1.807) is 11.7 Å². The van der Waals surface area contributed by atoms with Crippen molar-refractivity contribution >= 4 is 15.9 Å². The number of hydrogen-bond donors (Lipinski definition) is 1. The van der Waals surface area contributed by atoms with E-state index in [-0.39, 0.29) is 18.4 Å². The average Bonchev–Trinajstić information content (AvgIpc) is 2.72. The quantitative estimate of drug-likeness (QED) is 0.754. The molecule has 1 atom stereocenters. The van der Waals surface area contributed by atoms with E-state index in [9.17, 15) is 13.2 Å². The first-order chi connectivity index (χ1) is 10.3. The summed E-state index contributed by atoms with van der Waals surface area (Å²) in [6.07, 6.45) is 3.05. The summed E-state index contributed by atoms with van der Waals surface area (Å²) in [4.78, 5) is 14.1. The highest BCUT2D eigenvalue weighted by molar-refractivity contribution is 7.88. The predicted molar refractivity (Wildman–Crippen MR) is 82.5 cm³/mol. The predicted octanol–water partition coefficient (Wildman–Crippen LogP) is -1.14. The average molecular weight is 329 g/mol. The van der Waals surface area contributed by atoms with Crippen molar-refractivity contribution in [2.75, 3.05) is 39.5 Å². The van der Waals surface area contributed by atoms with Crippen molar-refractivity contribution < 1.29 is 13.2 Å². The molecular formula is C13H23N5O3S. The number of nitrogens with zero attached hydrogens (tertiary/aromatic N) is 4. The third-order valence-electron chi connectivity index (χ3n) is 3.81. The molecule has 2 heterocycles. The van der Waals surface area contributed by atoms with Crippen molar-refractivity contribution in [2.45, 2.75) is 6.54 Å². The zero-order valence-corrected chi connectivity index (χ0v) is 14.0. The minimum absolute atomic E-state index is 0.137. The van der Waals surface area contributed by atoms with Gasteiger partial charge in [0.15, 0.2) is 0 Å². The fraction of sp³-hybridized carbons (Fsp3) is 0.692. The summed E-state index contributed by atoms with van der Waals surface area (Å²) >= 11 is 0. The summed E-state index contributed by atoms with van der Waals surface area (Å²) < 4.78 is 26.8. The topological polar surface area (TPSA) is 87.5 Å². The van der Waals surface area contributed by atoms with Crippen molar-refractivity contribution in [3.05, 3.63) is 18.0 Å². The summed E-state index contributed by atoms with van der Waals surface area (Å²) in [5, 5.41) is 6.95. The highest BCUT2D eigenvalue weighted by Gasteiger charge is 2.31. The van der Waals surface area contributed by atoms with Crippen molar-refractivity contribution in [1.82, 2.24) is 24.3 Å². The van der Waals surface area contributed by atoms with Crippen LogP contribution in [-0.4, -0.2) is 72.8 Å². The van der Waals surface area contributed by atoms with Crippen LogP contribution < -0.4 is 5.32 Å². The van der Waals surface area contributed by atoms with Gasteiger partial charge in [-0.25, -0.2) is 12.7 Å². The molecule has 1 N–H and O–H groups in total. The summed E-state index contributed by atoms with van der Waals surface area (Å²) in [6.45, 7) is 2.31. The van der Waals surface area contributed by atoms with Gasteiger partial charge < -0.3 is 5.32 Å². The van der Waals surface area contributed by atoms with Crippen LogP contribution in [0.3, 0.4) is 0 Å². The molecule has 1 aromatic rings. The lowest BCUT2D eigenvalue weighted by Gasteiger charge is -2.22. The van der Waals surface area contributed by atoms with Gasteiger partial charge in [0.25, 0.3) is 0 Å². The Hall–Kier alpha value is -1.45. The third-order valence-corrected chi connectivity index (χ3v) is 5.08. The normalized spacial score (nSPS) is 21.5. The van der Waals surface area contributed by atoms with Crippen molar-refractivity contribution in [3.63, 3.8) is 0 Å². The van der Waals surface area contributed by atoms with Crippen LogP contribution in [0.5, 0.6) is 0 Å². The minimum Gasteiger partial charge on any atom is -0.359 e. The van der Waals surface area contributed by atoms with Gasteiger partial charge >= 0.3 is 0 Å². The first-order valence-corrected chi connectivity index (χ1v) is 9.02. The van der Waals surface area contributed by atoms with Crippen LogP contribution >= 0.6 is 0 Å². The second-order valence-corrected chi connectivity index (χ2v) is 7.63. The van der Waals surface area contributed by atoms with Gasteiger partial charge in [-0.2, -0.15) is 5.10 Å². The lowest BCUT2D eigenvalue weighted by atomic mass is 10.1. The van der Waals surface area contributed by atoms with Crippen LogP contribution in [-0.2, 0) is 28.4 Å². The number of carbonyl (C=O) groups is 1. The highest BCUT2D eigenvalue weighted by Crippen LogP contribution is 2.14. The summed E-state index contributed by atoms with van der Waals surface area (Å²) in [7, 11) is 0.113.